The van der Waals surface area contributed by atoms with E-state index in [9.17, 15) is 14.9 Å². The number of likely N-dealkylation sites (tertiary alicyclic amines) is 1. The number of piperidine rings is 1. The predicted octanol–water partition coefficient (Wildman–Crippen LogP) is 4.82. The topological polar surface area (TPSA) is 89.0 Å². The normalized spacial score (nSPS) is 17.4. The van der Waals surface area contributed by atoms with E-state index in [-0.39, 0.29) is 17.2 Å². The van der Waals surface area contributed by atoms with Crippen LogP contribution in [0.25, 0.3) is 10.9 Å². The van der Waals surface area contributed by atoms with Crippen molar-refractivity contribution in [1.29, 1.82) is 5.26 Å². The predicted molar refractivity (Wildman–Crippen MR) is 128 cm³/mol. The molecule has 2 amide bonds. The summed E-state index contributed by atoms with van der Waals surface area (Å²) >= 11 is 0. The van der Waals surface area contributed by atoms with Crippen LogP contribution in [0.1, 0.15) is 77.8 Å². The Bertz CT molecular complexity index is 1320. The molecule has 0 saturated carbocycles. The monoisotopic (exact) mass is 440 g/mol. The maximum Gasteiger partial charge on any atom is 0.317 e. The lowest BCUT2D eigenvalue weighted by Gasteiger charge is -2.35. The largest absolute Gasteiger partial charge is 0.357 e. The summed E-state index contributed by atoms with van der Waals surface area (Å²) in [7, 11) is 0. The van der Waals surface area contributed by atoms with Gasteiger partial charge in [0.1, 0.15) is 0 Å². The second kappa shape index (κ2) is 7.77. The molecule has 1 aliphatic heterocycles. The summed E-state index contributed by atoms with van der Waals surface area (Å²) in [6.45, 7) is 8.35. The Morgan fingerprint density at radius 2 is 1.97 bits per heavy atom. The highest BCUT2D eigenvalue weighted by Gasteiger charge is 2.40. The molecule has 5 rings (SSSR count). The van der Waals surface area contributed by atoms with Crippen LogP contribution in [-0.4, -0.2) is 41.3 Å². The zero-order valence-corrected chi connectivity index (χ0v) is 19.3. The number of hydrogen-bond donors (Lipinski definition) is 2. The summed E-state index contributed by atoms with van der Waals surface area (Å²) in [5, 5.41) is 13.0. The number of rotatable bonds is 2. The summed E-state index contributed by atoms with van der Waals surface area (Å²) in [5.74, 6) is 0.405. The number of ketones is 1. The Morgan fingerprint density at radius 3 is 2.67 bits per heavy atom. The quantitative estimate of drug-likeness (QED) is 0.599. The van der Waals surface area contributed by atoms with E-state index in [2.05, 4.69) is 42.4 Å². The summed E-state index contributed by atoms with van der Waals surface area (Å²) < 4.78 is 0. The third-order valence-electron chi connectivity index (χ3n) is 7.32. The van der Waals surface area contributed by atoms with Crippen molar-refractivity contribution in [3.8, 4) is 6.07 Å². The molecule has 1 aromatic heterocycles. The van der Waals surface area contributed by atoms with Gasteiger partial charge in [-0.15, -0.1) is 0 Å². The molecule has 1 saturated heterocycles. The van der Waals surface area contributed by atoms with Crippen LogP contribution in [0, 0.1) is 11.3 Å². The maximum absolute atomic E-state index is 13.6. The van der Waals surface area contributed by atoms with E-state index in [1.54, 1.807) is 6.07 Å². The molecular formula is C27H28N4O2. The number of amides is 2. The number of aromatic nitrogens is 1. The zero-order valence-electron chi connectivity index (χ0n) is 19.3. The molecule has 2 N–H and O–H groups in total. The number of nitrogens with one attached hydrogen (secondary N) is 2. The number of benzene rings is 2. The van der Waals surface area contributed by atoms with E-state index in [0.29, 0.717) is 18.0 Å². The van der Waals surface area contributed by atoms with E-state index in [1.807, 2.05) is 30.0 Å². The minimum absolute atomic E-state index is 0.0130. The molecule has 3 aromatic rings. The first-order valence-electron chi connectivity index (χ1n) is 11.6. The SMILES string of the molecule is CCNC(=O)N1CCC(c2ccc3c(c2)C(C)(C)c2[nH]c4cc(C#N)ccc4c2C3=O)CC1. The molecule has 0 spiro atoms. The summed E-state index contributed by atoms with van der Waals surface area (Å²) in [6.07, 6.45) is 1.83. The fraction of sp³-hybridized carbons (Fsp3) is 0.370. The van der Waals surface area contributed by atoms with Crippen molar-refractivity contribution in [2.75, 3.05) is 19.6 Å². The van der Waals surface area contributed by atoms with Crippen LogP contribution in [0.4, 0.5) is 4.79 Å². The third kappa shape index (κ3) is 3.31. The maximum atomic E-state index is 13.6. The number of nitriles is 1. The molecule has 2 aromatic carbocycles. The average Bonchev–Trinajstić information content (AvgIpc) is 3.23. The van der Waals surface area contributed by atoms with Gasteiger partial charge in [-0.25, -0.2) is 4.79 Å². The summed E-state index contributed by atoms with van der Waals surface area (Å²) in [4.78, 5) is 31.0. The Morgan fingerprint density at radius 1 is 1.21 bits per heavy atom. The highest BCUT2D eigenvalue weighted by atomic mass is 16.2. The second-order valence-electron chi connectivity index (χ2n) is 9.60. The lowest BCUT2D eigenvalue weighted by molar-refractivity contribution is 0.103. The molecule has 6 nitrogen and oxygen atoms in total. The van der Waals surface area contributed by atoms with Gasteiger partial charge in [0.15, 0.2) is 5.78 Å². The lowest BCUT2D eigenvalue weighted by atomic mass is 9.70. The van der Waals surface area contributed by atoms with Crippen molar-refractivity contribution in [1.82, 2.24) is 15.2 Å². The van der Waals surface area contributed by atoms with Crippen molar-refractivity contribution in [2.45, 2.75) is 44.9 Å². The molecule has 0 unspecified atom stereocenters. The Hall–Kier alpha value is -3.59. The molecule has 1 fully saturated rings. The van der Waals surface area contributed by atoms with Gasteiger partial charge in [0.2, 0.25) is 0 Å². The van der Waals surface area contributed by atoms with Crippen LogP contribution in [0.5, 0.6) is 0 Å². The first-order valence-corrected chi connectivity index (χ1v) is 11.6. The van der Waals surface area contributed by atoms with Gasteiger partial charge in [0.25, 0.3) is 0 Å². The number of aromatic amines is 1. The van der Waals surface area contributed by atoms with Gasteiger partial charge in [-0.05, 0) is 48.9 Å². The first-order chi connectivity index (χ1) is 15.8. The summed E-state index contributed by atoms with van der Waals surface area (Å²) in [5.41, 5.74) is 5.68. The Kier molecular flexibility index (Phi) is 5.01. The molecule has 168 valence electrons. The average molecular weight is 441 g/mol. The van der Waals surface area contributed by atoms with Gasteiger partial charge in [-0.3, -0.25) is 4.79 Å². The highest BCUT2D eigenvalue weighted by molar-refractivity contribution is 6.20. The van der Waals surface area contributed by atoms with Crippen LogP contribution < -0.4 is 5.32 Å². The van der Waals surface area contributed by atoms with Crippen molar-refractivity contribution in [2.24, 2.45) is 0 Å². The second-order valence-corrected chi connectivity index (χ2v) is 9.60. The molecule has 6 heteroatoms. The standard InChI is InChI=1S/C27H28N4O2/c1-4-29-26(33)31-11-9-17(10-12-31)18-6-8-19-21(14-18)27(2,3)25-23(24(19)32)20-7-5-16(15-28)13-22(20)30-25/h5-8,13-14,17,30H,4,9-12H2,1-3H3,(H,29,33). The minimum Gasteiger partial charge on any atom is -0.357 e. The summed E-state index contributed by atoms with van der Waals surface area (Å²) in [6, 6.07) is 13.9. The van der Waals surface area contributed by atoms with Crippen LogP contribution in [0.2, 0.25) is 0 Å². The van der Waals surface area contributed by atoms with Crippen molar-refractivity contribution >= 4 is 22.7 Å². The van der Waals surface area contributed by atoms with Gasteiger partial charge in [-0.2, -0.15) is 5.26 Å². The Balaban J connectivity index is 1.49. The van der Waals surface area contributed by atoms with Gasteiger partial charge in [0.05, 0.1) is 17.2 Å². The van der Waals surface area contributed by atoms with E-state index in [0.717, 1.165) is 59.2 Å². The fourth-order valence-corrected chi connectivity index (χ4v) is 5.45. The van der Waals surface area contributed by atoms with E-state index in [1.165, 1.54) is 5.56 Å². The number of urea groups is 1. The van der Waals surface area contributed by atoms with Gasteiger partial charge < -0.3 is 15.2 Å². The Labute approximate surface area is 193 Å². The molecule has 2 heterocycles. The number of carbonyl (C=O) groups excluding carboxylic acids is 2. The number of nitrogens with zero attached hydrogens (tertiary/aromatic N) is 2. The van der Waals surface area contributed by atoms with Gasteiger partial charge in [-0.1, -0.05) is 38.1 Å². The zero-order chi connectivity index (χ0) is 23.3. The highest BCUT2D eigenvalue weighted by Crippen LogP contribution is 2.45. The van der Waals surface area contributed by atoms with Crippen LogP contribution in [0.15, 0.2) is 36.4 Å². The molecule has 1 aliphatic carbocycles. The number of carbonyl (C=O) groups is 2. The smallest absolute Gasteiger partial charge is 0.317 e. The number of H-pyrrole nitrogens is 1. The van der Waals surface area contributed by atoms with Crippen molar-refractivity contribution < 1.29 is 9.59 Å². The fourth-order valence-electron chi connectivity index (χ4n) is 5.45. The van der Waals surface area contributed by atoms with Crippen LogP contribution in [0.3, 0.4) is 0 Å². The van der Waals surface area contributed by atoms with Crippen molar-refractivity contribution in [3.63, 3.8) is 0 Å². The lowest BCUT2D eigenvalue weighted by Crippen LogP contribution is -2.44. The van der Waals surface area contributed by atoms with Crippen LogP contribution in [-0.2, 0) is 5.41 Å². The molecule has 0 bridgehead atoms. The molecule has 0 radical (unpaired) electrons. The molecule has 33 heavy (non-hydrogen) atoms. The number of fused-ring (bicyclic) bond motifs is 4. The van der Waals surface area contributed by atoms with E-state index >= 15 is 0 Å². The van der Waals surface area contributed by atoms with Crippen molar-refractivity contribution in [3.05, 3.63) is 69.9 Å². The third-order valence-corrected chi connectivity index (χ3v) is 7.32. The van der Waals surface area contributed by atoms with Gasteiger partial charge in [0, 0.05) is 47.2 Å². The van der Waals surface area contributed by atoms with E-state index < -0.39 is 0 Å². The molecule has 2 aliphatic rings. The first kappa shape index (κ1) is 21.3. The molecular weight excluding hydrogens is 412 g/mol. The minimum atomic E-state index is -0.373. The van der Waals surface area contributed by atoms with E-state index in [4.69, 9.17) is 0 Å². The van der Waals surface area contributed by atoms with Crippen LogP contribution >= 0.6 is 0 Å². The molecule has 0 atom stereocenters. The van der Waals surface area contributed by atoms with Gasteiger partial charge >= 0.3 is 6.03 Å². The number of hydrogen-bond acceptors (Lipinski definition) is 3.